The van der Waals surface area contributed by atoms with Gasteiger partial charge in [0.1, 0.15) is 18.1 Å². The second-order valence-electron chi connectivity index (χ2n) is 7.25. The number of benzene rings is 3. The fourth-order valence-corrected chi connectivity index (χ4v) is 3.94. The minimum atomic E-state index is -0.00687. The Morgan fingerprint density at radius 1 is 0.939 bits per heavy atom. The Morgan fingerprint density at radius 2 is 1.73 bits per heavy atom. The van der Waals surface area contributed by atoms with E-state index in [1.54, 1.807) is 44.6 Å². The standard InChI is InChI=1S/C25H21Cl2NO5/c1-14-24(15-5-9-22(30-2)23(10-15)31-3)25(33-28-14)19-8-7-18(12-21(19)29)32-13-16-4-6-17(26)11-20(16)27/h4-12,29H,13H2,1-3H3. The fraction of sp³-hybridized carbons (Fsp3) is 0.160. The van der Waals surface area contributed by atoms with Crippen molar-refractivity contribution in [2.24, 2.45) is 0 Å². The van der Waals surface area contributed by atoms with Crippen molar-refractivity contribution in [3.05, 3.63) is 75.9 Å². The van der Waals surface area contributed by atoms with Gasteiger partial charge in [-0.25, -0.2) is 0 Å². The molecule has 4 rings (SSSR count). The van der Waals surface area contributed by atoms with Gasteiger partial charge in [-0.05, 0) is 48.9 Å². The van der Waals surface area contributed by atoms with E-state index in [-0.39, 0.29) is 12.4 Å². The predicted octanol–water partition coefficient (Wildman–Crippen LogP) is 6.93. The summed E-state index contributed by atoms with van der Waals surface area (Å²) < 4.78 is 22.1. The number of aryl methyl sites for hydroxylation is 1. The van der Waals surface area contributed by atoms with Crippen LogP contribution < -0.4 is 14.2 Å². The summed E-state index contributed by atoms with van der Waals surface area (Å²) in [6, 6.07) is 15.7. The van der Waals surface area contributed by atoms with Gasteiger partial charge >= 0.3 is 0 Å². The van der Waals surface area contributed by atoms with E-state index in [1.165, 1.54) is 6.07 Å². The van der Waals surface area contributed by atoms with Crippen LogP contribution in [0.2, 0.25) is 10.0 Å². The molecule has 0 atom stereocenters. The van der Waals surface area contributed by atoms with Crippen LogP contribution in [0.3, 0.4) is 0 Å². The number of phenols is 1. The van der Waals surface area contributed by atoms with Gasteiger partial charge in [0, 0.05) is 21.7 Å². The van der Waals surface area contributed by atoms with Crippen molar-refractivity contribution in [3.63, 3.8) is 0 Å². The van der Waals surface area contributed by atoms with E-state index in [0.29, 0.717) is 44.3 Å². The molecule has 0 unspecified atom stereocenters. The third-order valence-corrected chi connectivity index (χ3v) is 5.75. The summed E-state index contributed by atoms with van der Waals surface area (Å²) in [4.78, 5) is 0. The van der Waals surface area contributed by atoms with E-state index >= 15 is 0 Å². The molecular formula is C25H21Cl2NO5. The van der Waals surface area contributed by atoms with Gasteiger partial charge in [-0.1, -0.05) is 40.5 Å². The van der Waals surface area contributed by atoms with Crippen LogP contribution in [0, 0.1) is 6.92 Å². The molecule has 0 spiro atoms. The largest absolute Gasteiger partial charge is 0.507 e. The summed E-state index contributed by atoms with van der Waals surface area (Å²) in [5.74, 6) is 2.10. The Labute approximate surface area is 201 Å². The number of hydrogen-bond acceptors (Lipinski definition) is 6. The monoisotopic (exact) mass is 485 g/mol. The third kappa shape index (κ3) is 4.72. The number of nitrogens with zero attached hydrogens (tertiary/aromatic N) is 1. The average Bonchev–Trinajstić information content (AvgIpc) is 3.19. The zero-order valence-corrected chi connectivity index (χ0v) is 19.7. The number of ether oxygens (including phenoxy) is 3. The number of aromatic nitrogens is 1. The quantitative estimate of drug-likeness (QED) is 0.306. The van der Waals surface area contributed by atoms with E-state index < -0.39 is 0 Å². The third-order valence-electron chi connectivity index (χ3n) is 5.16. The van der Waals surface area contributed by atoms with Crippen molar-refractivity contribution in [3.8, 4) is 45.4 Å². The van der Waals surface area contributed by atoms with Crippen molar-refractivity contribution in [2.45, 2.75) is 13.5 Å². The fourth-order valence-electron chi connectivity index (χ4n) is 3.48. The van der Waals surface area contributed by atoms with Gasteiger partial charge in [0.2, 0.25) is 0 Å². The lowest BCUT2D eigenvalue weighted by atomic mass is 9.99. The normalized spacial score (nSPS) is 10.8. The second-order valence-corrected chi connectivity index (χ2v) is 8.09. The first-order chi connectivity index (χ1) is 15.9. The lowest BCUT2D eigenvalue weighted by molar-refractivity contribution is 0.304. The molecule has 170 valence electrons. The minimum Gasteiger partial charge on any atom is -0.507 e. The molecular weight excluding hydrogens is 465 g/mol. The molecule has 0 radical (unpaired) electrons. The van der Waals surface area contributed by atoms with Crippen LogP contribution in [0.15, 0.2) is 59.1 Å². The molecule has 3 aromatic carbocycles. The topological polar surface area (TPSA) is 74.0 Å². The van der Waals surface area contributed by atoms with Gasteiger partial charge in [-0.2, -0.15) is 0 Å². The summed E-state index contributed by atoms with van der Waals surface area (Å²) in [5, 5.41) is 15.9. The summed E-state index contributed by atoms with van der Waals surface area (Å²) in [5.41, 5.74) is 3.50. The molecule has 0 saturated carbocycles. The molecule has 0 saturated heterocycles. The molecule has 8 heteroatoms. The summed E-state index contributed by atoms with van der Waals surface area (Å²) >= 11 is 12.1. The maximum absolute atomic E-state index is 10.7. The van der Waals surface area contributed by atoms with E-state index in [0.717, 1.165) is 16.7 Å². The average molecular weight is 486 g/mol. The van der Waals surface area contributed by atoms with Gasteiger partial charge in [0.15, 0.2) is 17.3 Å². The van der Waals surface area contributed by atoms with Crippen LogP contribution in [-0.2, 0) is 6.61 Å². The number of aromatic hydroxyl groups is 1. The SMILES string of the molecule is COc1ccc(-c2c(C)noc2-c2ccc(OCc3ccc(Cl)cc3Cl)cc2O)cc1OC. The first kappa shape index (κ1) is 22.8. The van der Waals surface area contributed by atoms with Crippen molar-refractivity contribution in [1.29, 1.82) is 0 Å². The molecule has 0 bridgehead atoms. The summed E-state index contributed by atoms with van der Waals surface area (Å²) in [7, 11) is 3.15. The number of hydrogen-bond donors (Lipinski definition) is 1. The van der Waals surface area contributed by atoms with Gasteiger partial charge in [-0.15, -0.1) is 0 Å². The first-order valence-corrected chi connectivity index (χ1v) is 10.8. The molecule has 1 aromatic heterocycles. The molecule has 4 aromatic rings. The number of halogens is 2. The molecule has 0 aliphatic rings. The van der Waals surface area contributed by atoms with Gasteiger partial charge in [0.25, 0.3) is 0 Å². The number of rotatable bonds is 7. The van der Waals surface area contributed by atoms with Crippen LogP contribution in [0.4, 0.5) is 0 Å². The van der Waals surface area contributed by atoms with Crippen LogP contribution in [0.5, 0.6) is 23.0 Å². The minimum absolute atomic E-state index is 0.00687. The molecule has 1 N–H and O–H groups in total. The zero-order chi connectivity index (χ0) is 23.5. The molecule has 6 nitrogen and oxygen atoms in total. The molecule has 1 heterocycles. The highest BCUT2D eigenvalue weighted by molar-refractivity contribution is 6.35. The van der Waals surface area contributed by atoms with Crippen LogP contribution in [0.1, 0.15) is 11.3 Å². The number of methoxy groups -OCH3 is 2. The summed E-state index contributed by atoms with van der Waals surface area (Å²) in [6.45, 7) is 2.07. The van der Waals surface area contributed by atoms with Gasteiger partial charge in [0.05, 0.1) is 31.0 Å². The Balaban J connectivity index is 1.63. The lowest BCUT2D eigenvalue weighted by Gasteiger charge is -2.11. The van der Waals surface area contributed by atoms with E-state index in [1.807, 2.05) is 25.1 Å². The predicted molar refractivity (Wildman–Crippen MR) is 128 cm³/mol. The van der Waals surface area contributed by atoms with Crippen molar-refractivity contribution >= 4 is 23.2 Å². The lowest BCUT2D eigenvalue weighted by Crippen LogP contribution is -1.96. The van der Waals surface area contributed by atoms with Gasteiger partial charge in [-0.3, -0.25) is 0 Å². The van der Waals surface area contributed by atoms with E-state index in [9.17, 15) is 5.11 Å². The summed E-state index contributed by atoms with van der Waals surface area (Å²) in [6.07, 6.45) is 0. The van der Waals surface area contributed by atoms with E-state index in [4.69, 9.17) is 41.9 Å². The maximum atomic E-state index is 10.7. The highest BCUT2D eigenvalue weighted by Crippen LogP contribution is 2.42. The van der Waals surface area contributed by atoms with Crippen LogP contribution in [-0.4, -0.2) is 24.5 Å². The Bertz CT molecular complexity index is 1300. The van der Waals surface area contributed by atoms with Gasteiger partial charge < -0.3 is 23.8 Å². The molecule has 0 aliphatic carbocycles. The highest BCUT2D eigenvalue weighted by atomic mass is 35.5. The molecule has 0 amide bonds. The smallest absolute Gasteiger partial charge is 0.178 e. The molecule has 33 heavy (non-hydrogen) atoms. The molecule has 0 fully saturated rings. The zero-order valence-electron chi connectivity index (χ0n) is 18.2. The van der Waals surface area contributed by atoms with Crippen LogP contribution in [0.25, 0.3) is 22.5 Å². The first-order valence-electron chi connectivity index (χ1n) is 10.00. The van der Waals surface area contributed by atoms with Crippen molar-refractivity contribution in [1.82, 2.24) is 5.16 Å². The number of phenolic OH excluding ortho intramolecular Hbond substituents is 1. The molecule has 0 aliphatic heterocycles. The maximum Gasteiger partial charge on any atom is 0.178 e. The highest BCUT2D eigenvalue weighted by Gasteiger charge is 2.21. The Morgan fingerprint density at radius 3 is 2.42 bits per heavy atom. The Hall–Kier alpha value is -3.35. The van der Waals surface area contributed by atoms with Crippen molar-refractivity contribution < 1.29 is 23.8 Å². The second kappa shape index (κ2) is 9.65. The Kier molecular flexibility index (Phi) is 6.67. The van der Waals surface area contributed by atoms with E-state index in [2.05, 4.69) is 5.16 Å². The van der Waals surface area contributed by atoms with Crippen molar-refractivity contribution in [2.75, 3.05) is 14.2 Å². The van der Waals surface area contributed by atoms with Crippen LogP contribution >= 0.6 is 23.2 Å².